The summed E-state index contributed by atoms with van der Waals surface area (Å²) in [7, 11) is 0. The molecule has 0 saturated heterocycles. The molecule has 1 aromatic rings. The molecule has 0 spiro atoms. The van der Waals surface area contributed by atoms with Gasteiger partial charge in [0.05, 0.1) is 0 Å². The fraction of sp³-hybridized carbons (Fsp3) is 0.455. The average Bonchev–Trinajstić information content (AvgIpc) is 2.16. The number of alkyl halides is 3. The molecule has 0 aromatic heterocycles. The Bertz CT molecular complexity index is 349. The van der Waals surface area contributed by atoms with Gasteiger partial charge in [-0.05, 0) is 17.5 Å². The van der Waals surface area contributed by atoms with Gasteiger partial charge in [0, 0.05) is 5.69 Å². The minimum absolute atomic E-state index is 0.0872. The first-order chi connectivity index (χ1) is 7.32. The first-order valence-corrected chi connectivity index (χ1v) is 4.92. The predicted molar refractivity (Wildman–Crippen MR) is 56.2 cm³/mol. The number of anilines is 1. The number of aliphatic hydroxyl groups is 1. The third-order valence-electron chi connectivity index (χ3n) is 2.19. The molecular weight excluding hydrogens is 219 g/mol. The zero-order chi connectivity index (χ0) is 12.3. The Morgan fingerprint density at radius 3 is 2.25 bits per heavy atom. The van der Waals surface area contributed by atoms with Crippen molar-refractivity contribution in [3.63, 3.8) is 0 Å². The summed E-state index contributed by atoms with van der Waals surface area (Å²) in [6.45, 7) is 3.75. The summed E-state index contributed by atoms with van der Waals surface area (Å²) in [5.41, 5.74) is 1.05. The van der Waals surface area contributed by atoms with E-state index in [-0.39, 0.29) is 5.92 Å². The van der Waals surface area contributed by atoms with Crippen LogP contribution in [0, 0.1) is 0 Å². The first-order valence-electron chi connectivity index (χ1n) is 4.92. The third-order valence-corrected chi connectivity index (χ3v) is 2.19. The van der Waals surface area contributed by atoms with Gasteiger partial charge in [0.15, 0.2) is 0 Å². The SMILES string of the molecule is CC(C)c1ccccc1NC(O)C(F)(F)F. The van der Waals surface area contributed by atoms with E-state index < -0.39 is 12.4 Å². The van der Waals surface area contributed by atoms with Gasteiger partial charge in [-0.1, -0.05) is 32.0 Å². The largest absolute Gasteiger partial charge is 0.433 e. The lowest BCUT2D eigenvalue weighted by atomic mass is 10.0. The Hall–Kier alpha value is -1.23. The van der Waals surface area contributed by atoms with E-state index in [4.69, 9.17) is 5.11 Å². The Kier molecular flexibility index (Phi) is 3.80. The quantitative estimate of drug-likeness (QED) is 0.786. The van der Waals surface area contributed by atoms with Crippen molar-refractivity contribution in [2.75, 3.05) is 5.32 Å². The minimum atomic E-state index is -4.66. The molecule has 16 heavy (non-hydrogen) atoms. The molecule has 0 saturated carbocycles. The van der Waals surface area contributed by atoms with E-state index in [9.17, 15) is 13.2 Å². The van der Waals surface area contributed by atoms with Crippen LogP contribution in [0.1, 0.15) is 25.3 Å². The van der Waals surface area contributed by atoms with Crippen molar-refractivity contribution >= 4 is 5.69 Å². The normalized spacial score (nSPS) is 13.9. The van der Waals surface area contributed by atoms with Crippen molar-refractivity contribution in [3.8, 4) is 0 Å². The van der Waals surface area contributed by atoms with Crippen molar-refractivity contribution in [1.29, 1.82) is 0 Å². The van der Waals surface area contributed by atoms with E-state index in [1.807, 2.05) is 13.8 Å². The number of halogens is 3. The molecule has 0 amide bonds. The lowest BCUT2D eigenvalue weighted by molar-refractivity contribution is -0.194. The molecule has 0 heterocycles. The van der Waals surface area contributed by atoms with E-state index in [1.54, 1.807) is 18.2 Å². The maximum absolute atomic E-state index is 12.2. The lowest BCUT2D eigenvalue weighted by Gasteiger charge is -2.20. The van der Waals surface area contributed by atoms with Crippen LogP contribution < -0.4 is 5.32 Å². The van der Waals surface area contributed by atoms with Crippen LogP contribution in [0.5, 0.6) is 0 Å². The molecule has 2 nitrogen and oxygen atoms in total. The van der Waals surface area contributed by atoms with Gasteiger partial charge in [-0.25, -0.2) is 0 Å². The molecule has 0 radical (unpaired) electrons. The maximum atomic E-state index is 12.2. The topological polar surface area (TPSA) is 32.3 Å². The number of nitrogens with one attached hydrogen (secondary N) is 1. The van der Waals surface area contributed by atoms with Crippen molar-refractivity contribution in [2.45, 2.75) is 32.2 Å². The second-order valence-electron chi connectivity index (χ2n) is 3.83. The van der Waals surface area contributed by atoms with Gasteiger partial charge in [0.25, 0.3) is 0 Å². The Morgan fingerprint density at radius 2 is 1.75 bits per heavy atom. The molecule has 0 aliphatic heterocycles. The second kappa shape index (κ2) is 4.74. The van der Waals surface area contributed by atoms with E-state index in [2.05, 4.69) is 5.32 Å². The summed E-state index contributed by atoms with van der Waals surface area (Å²) in [5, 5.41) is 11.0. The molecular formula is C11H14F3NO. The highest BCUT2D eigenvalue weighted by Crippen LogP contribution is 2.27. The van der Waals surface area contributed by atoms with Crippen LogP contribution >= 0.6 is 0 Å². The monoisotopic (exact) mass is 233 g/mol. The number of para-hydroxylation sites is 1. The van der Waals surface area contributed by atoms with Crippen molar-refractivity contribution < 1.29 is 18.3 Å². The Balaban J connectivity index is 2.89. The predicted octanol–water partition coefficient (Wildman–Crippen LogP) is 3.10. The van der Waals surface area contributed by atoms with Crippen molar-refractivity contribution in [1.82, 2.24) is 0 Å². The molecule has 0 aliphatic rings. The first kappa shape index (κ1) is 12.8. The van der Waals surface area contributed by atoms with Gasteiger partial charge < -0.3 is 10.4 Å². The highest BCUT2D eigenvalue weighted by Gasteiger charge is 2.38. The highest BCUT2D eigenvalue weighted by atomic mass is 19.4. The van der Waals surface area contributed by atoms with Crippen LogP contribution in [-0.4, -0.2) is 17.5 Å². The van der Waals surface area contributed by atoms with Gasteiger partial charge in [0.2, 0.25) is 6.23 Å². The van der Waals surface area contributed by atoms with E-state index in [0.717, 1.165) is 5.56 Å². The fourth-order valence-electron chi connectivity index (χ4n) is 1.36. The molecule has 1 atom stereocenters. The minimum Gasteiger partial charge on any atom is -0.366 e. The number of hydrogen-bond acceptors (Lipinski definition) is 2. The molecule has 5 heteroatoms. The molecule has 90 valence electrons. The number of benzene rings is 1. The van der Waals surface area contributed by atoms with E-state index in [1.165, 1.54) is 6.07 Å². The average molecular weight is 233 g/mol. The van der Waals surface area contributed by atoms with Crippen LogP contribution in [-0.2, 0) is 0 Å². The maximum Gasteiger partial charge on any atom is 0.433 e. The highest BCUT2D eigenvalue weighted by molar-refractivity contribution is 5.52. The Morgan fingerprint density at radius 1 is 1.19 bits per heavy atom. The molecule has 1 unspecified atom stereocenters. The van der Waals surface area contributed by atoms with Crippen LogP contribution in [0.15, 0.2) is 24.3 Å². The number of rotatable bonds is 3. The Labute approximate surface area is 92.1 Å². The summed E-state index contributed by atoms with van der Waals surface area (Å²) in [4.78, 5) is 0. The zero-order valence-electron chi connectivity index (χ0n) is 9.05. The van der Waals surface area contributed by atoms with Gasteiger partial charge >= 0.3 is 6.18 Å². The smallest absolute Gasteiger partial charge is 0.366 e. The van der Waals surface area contributed by atoms with Crippen LogP contribution in [0.3, 0.4) is 0 Å². The fourth-order valence-corrected chi connectivity index (χ4v) is 1.36. The van der Waals surface area contributed by atoms with Gasteiger partial charge in [0.1, 0.15) is 0 Å². The second-order valence-corrected chi connectivity index (χ2v) is 3.83. The van der Waals surface area contributed by atoms with Gasteiger partial charge in [-0.2, -0.15) is 13.2 Å². The van der Waals surface area contributed by atoms with Gasteiger partial charge in [-0.15, -0.1) is 0 Å². The lowest BCUT2D eigenvalue weighted by Crippen LogP contribution is -2.36. The standard InChI is InChI=1S/C11H14F3NO/c1-7(2)8-5-3-4-6-9(8)15-10(16)11(12,13)14/h3-7,10,15-16H,1-2H3. The molecule has 0 aliphatic carbocycles. The van der Waals surface area contributed by atoms with Crippen LogP contribution in [0.4, 0.5) is 18.9 Å². The molecule has 0 bridgehead atoms. The summed E-state index contributed by atoms with van der Waals surface area (Å²) >= 11 is 0. The third kappa shape index (κ3) is 3.13. The van der Waals surface area contributed by atoms with E-state index >= 15 is 0 Å². The summed E-state index contributed by atoms with van der Waals surface area (Å²) in [6.07, 6.45) is -7.20. The summed E-state index contributed by atoms with van der Waals surface area (Å²) in [6, 6.07) is 6.62. The molecule has 1 aromatic carbocycles. The van der Waals surface area contributed by atoms with E-state index in [0.29, 0.717) is 5.69 Å². The van der Waals surface area contributed by atoms with Crippen LogP contribution in [0.2, 0.25) is 0 Å². The van der Waals surface area contributed by atoms with Crippen molar-refractivity contribution in [3.05, 3.63) is 29.8 Å². The summed E-state index contributed by atoms with van der Waals surface area (Å²) in [5.74, 6) is 0.0872. The molecule has 0 fully saturated rings. The number of aliphatic hydroxyl groups excluding tert-OH is 1. The van der Waals surface area contributed by atoms with Crippen LogP contribution in [0.25, 0.3) is 0 Å². The zero-order valence-corrected chi connectivity index (χ0v) is 9.05. The van der Waals surface area contributed by atoms with Crippen molar-refractivity contribution in [2.24, 2.45) is 0 Å². The van der Waals surface area contributed by atoms with Gasteiger partial charge in [-0.3, -0.25) is 0 Å². The molecule has 2 N–H and O–H groups in total. The number of hydrogen-bond donors (Lipinski definition) is 2. The molecule has 1 rings (SSSR count). The summed E-state index contributed by atoms with van der Waals surface area (Å²) < 4.78 is 36.5.